The summed E-state index contributed by atoms with van der Waals surface area (Å²) in [5.41, 5.74) is 7.33. The lowest BCUT2D eigenvalue weighted by atomic mass is 9.83. The Balaban J connectivity index is 2.11. The zero-order valence-corrected chi connectivity index (χ0v) is 11.8. The van der Waals surface area contributed by atoms with Gasteiger partial charge in [0.1, 0.15) is 6.07 Å². The minimum Gasteiger partial charge on any atom is -0.380 e. The molecule has 2 rings (SSSR count). The third-order valence-electron chi connectivity index (χ3n) is 3.92. The van der Waals surface area contributed by atoms with E-state index in [0.29, 0.717) is 23.0 Å². The number of rotatable bonds is 4. The zero-order chi connectivity index (χ0) is 13.7. The summed E-state index contributed by atoms with van der Waals surface area (Å²) in [6.07, 6.45) is 6.36. The van der Waals surface area contributed by atoms with Gasteiger partial charge in [-0.25, -0.2) is 0 Å². The maximum Gasteiger partial charge on any atom is 0.101 e. The standard InChI is InChI=1S/C15H20ClN3/c16-13-6-7-14(12(8-13)9-17)19-15(10-18)11-4-2-1-3-5-11/h6-8,11,15,19H,1-5,10,18H2. The predicted molar refractivity (Wildman–Crippen MR) is 79.2 cm³/mol. The summed E-state index contributed by atoms with van der Waals surface area (Å²) in [7, 11) is 0. The Morgan fingerprint density at radius 2 is 2.11 bits per heavy atom. The van der Waals surface area contributed by atoms with Gasteiger partial charge in [0.15, 0.2) is 0 Å². The van der Waals surface area contributed by atoms with E-state index in [2.05, 4.69) is 11.4 Å². The van der Waals surface area contributed by atoms with Gasteiger partial charge in [-0.3, -0.25) is 0 Å². The first kappa shape index (κ1) is 14.2. The number of hydrogen-bond donors (Lipinski definition) is 2. The van der Waals surface area contributed by atoms with Crippen molar-refractivity contribution in [2.75, 3.05) is 11.9 Å². The van der Waals surface area contributed by atoms with Crippen LogP contribution in [0.15, 0.2) is 18.2 Å². The molecule has 19 heavy (non-hydrogen) atoms. The van der Waals surface area contributed by atoms with Gasteiger partial charge in [0.05, 0.1) is 11.3 Å². The fourth-order valence-corrected chi connectivity index (χ4v) is 3.01. The van der Waals surface area contributed by atoms with E-state index in [-0.39, 0.29) is 6.04 Å². The second kappa shape index (κ2) is 6.79. The van der Waals surface area contributed by atoms with E-state index in [4.69, 9.17) is 22.6 Å². The predicted octanol–water partition coefficient (Wildman–Crippen LogP) is 3.53. The van der Waals surface area contributed by atoms with Gasteiger partial charge in [0.2, 0.25) is 0 Å². The smallest absolute Gasteiger partial charge is 0.101 e. The van der Waals surface area contributed by atoms with Crippen molar-refractivity contribution in [1.29, 1.82) is 5.26 Å². The number of nitrogens with zero attached hydrogens (tertiary/aromatic N) is 1. The van der Waals surface area contributed by atoms with Crippen LogP contribution in [0.2, 0.25) is 5.02 Å². The summed E-state index contributed by atoms with van der Waals surface area (Å²) < 4.78 is 0. The van der Waals surface area contributed by atoms with E-state index in [1.54, 1.807) is 12.1 Å². The second-order valence-corrected chi connectivity index (χ2v) is 5.62. The van der Waals surface area contributed by atoms with Gasteiger partial charge in [-0.15, -0.1) is 0 Å². The van der Waals surface area contributed by atoms with Crippen LogP contribution in [-0.2, 0) is 0 Å². The van der Waals surface area contributed by atoms with Crippen molar-refractivity contribution in [2.24, 2.45) is 11.7 Å². The Hall–Kier alpha value is -1.24. The first-order chi connectivity index (χ1) is 9.24. The molecule has 102 valence electrons. The van der Waals surface area contributed by atoms with Gasteiger partial charge in [-0.2, -0.15) is 5.26 Å². The molecule has 1 aliphatic carbocycles. The average molecular weight is 278 g/mol. The summed E-state index contributed by atoms with van der Waals surface area (Å²) in [5.74, 6) is 0.612. The van der Waals surface area contributed by atoms with Crippen LogP contribution in [0.25, 0.3) is 0 Å². The normalized spacial score (nSPS) is 17.7. The number of nitriles is 1. The average Bonchev–Trinajstić information content (AvgIpc) is 2.46. The maximum atomic E-state index is 9.16. The maximum absolute atomic E-state index is 9.16. The Bertz CT molecular complexity index is 461. The van der Waals surface area contributed by atoms with Crippen LogP contribution >= 0.6 is 11.6 Å². The molecule has 4 heteroatoms. The van der Waals surface area contributed by atoms with Crippen molar-refractivity contribution >= 4 is 17.3 Å². The van der Waals surface area contributed by atoms with E-state index >= 15 is 0 Å². The minimum atomic E-state index is 0.244. The highest BCUT2D eigenvalue weighted by Crippen LogP contribution is 2.29. The second-order valence-electron chi connectivity index (χ2n) is 5.19. The summed E-state index contributed by atoms with van der Waals surface area (Å²) in [5, 5.41) is 13.2. The van der Waals surface area contributed by atoms with Gasteiger partial charge in [0.25, 0.3) is 0 Å². The number of hydrogen-bond acceptors (Lipinski definition) is 3. The number of nitrogens with one attached hydrogen (secondary N) is 1. The highest BCUT2D eigenvalue weighted by molar-refractivity contribution is 6.30. The molecule has 0 aromatic heterocycles. The lowest BCUT2D eigenvalue weighted by Crippen LogP contribution is -2.37. The quantitative estimate of drug-likeness (QED) is 0.885. The van der Waals surface area contributed by atoms with Crippen LogP contribution in [0.3, 0.4) is 0 Å². The molecule has 1 aliphatic rings. The van der Waals surface area contributed by atoms with Gasteiger partial charge >= 0.3 is 0 Å². The topological polar surface area (TPSA) is 61.8 Å². The molecule has 1 atom stereocenters. The van der Waals surface area contributed by atoms with Crippen LogP contribution < -0.4 is 11.1 Å². The van der Waals surface area contributed by atoms with E-state index in [0.717, 1.165) is 5.69 Å². The lowest BCUT2D eigenvalue weighted by Gasteiger charge is -2.31. The molecule has 0 saturated heterocycles. The van der Waals surface area contributed by atoms with Crippen molar-refractivity contribution in [3.8, 4) is 6.07 Å². The zero-order valence-electron chi connectivity index (χ0n) is 11.0. The molecular formula is C15H20ClN3. The lowest BCUT2D eigenvalue weighted by molar-refractivity contribution is 0.320. The van der Waals surface area contributed by atoms with E-state index < -0.39 is 0 Å². The van der Waals surface area contributed by atoms with Gasteiger partial charge < -0.3 is 11.1 Å². The molecule has 0 amide bonds. The van der Waals surface area contributed by atoms with Crippen LogP contribution in [0.5, 0.6) is 0 Å². The Kier molecular flexibility index (Phi) is 5.07. The van der Waals surface area contributed by atoms with Crippen LogP contribution in [0.4, 0.5) is 5.69 Å². The molecule has 1 unspecified atom stereocenters. The Labute approximate surface area is 119 Å². The summed E-state index contributed by atoms with van der Waals surface area (Å²) in [6, 6.07) is 7.79. The largest absolute Gasteiger partial charge is 0.380 e. The number of nitrogens with two attached hydrogens (primary N) is 1. The number of benzene rings is 1. The van der Waals surface area contributed by atoms with E-state index in [9.17, 15) is 0 Å². The van der Waals surface area contributed by atoms with Crippen molar-refractivity contribution < 1.29 is 0 Å². The van der Waals surface area contributed by atoms with Crippen LogP contribution in [0, 0.1) is 17.2 Å². The first-order valence-corrected chi connectivity index (χ1v) is 7.28. The van der Waals surface area contributed by atoms with Crippen molar-refractivity contribution in [3.63, 3.8) is 0 Å². The Morgan fingerprint density at radius 3 is 2.74 bits per heavy atom. The molecule has 0 heterocycles. The monoisotopic (exact) mass is 277 g/mol. The van der Waals surface area contributed by atoms with Gasteiger partial charge in [0, 0.05) is 17.6 Å². The molecule has 1 aromatic carbocycles. The molecule has 3 N–H and O–H groups in total. The fraction of sp³-hybridized carbons (Fsp3) is 0.533. The molecule has 0 spiro atoms. The van der Waals surface area contributed by atoms with E-state index in [1.807, 2.05) is 6.07 Å². The van der Waals surface area contributed by atoms with Crippen molar-refractivity contribution in [2.45, 2.75) is 38.1 Å². The number of anilines is 1. The summed E-state index contributed by atoms with van der Waals surface area (Å²) in [4.78, 5) is 0. The van der Waals surface area contributed by atoms with Gasteiger partial charge in [-0.05, 0) is 37.0 Å². The number of halogens is 1. The summed E-state index contributed by atoms with van der Waals surface area (Å²) >= 11 is 5.91. The third kappa shape index (κ3) is 3.62. The van der Waals surface area contributed by atoms with Crippen LogP contribution in [-0.4, -0.2) is 12.6 Å². The molecule has 0 aliphatic heterocycles. The minimum absolute atomic E-state index is 0.244. The molecule has 3 nitrogen and oxygen atoms in total. The third-order valence-corrected chi connectivity index (χ3v) is 4.15. The molecule has 1 aromatic rings. The molecule has 0 bridgehead atoms. The van der Waals surface area contributed by atoms with E-state index in [1.165, 1.54) is 32.1 Å². The first-order valence-electron chi connectivity index (χ1n) is 6.91. The van der Waals surface area contributed by atoms with Crippen molar-refractivity contribution in [1.82, 2.24) is 0 Å². The molecule has 0 radical (unpaired) electrons. The summed E-state index contributed by atoms with van der Waals surface area (Å²) in [6.45, 7) is 0.595. The van der Waals surface area contributed by atoms with Crippen molar-refractivity contribution in [3.05, 3.63) is 28.8 Å². The highest BCUT2D eigenvalue weighted by atomic mass is 35.5. The van der Waals surface area contributed by atoms with Gasteiger partial charge in [-0.1, -0.05) is 30.9 Å². The highest BCUT2D eigenvalue weighted by Gasteiger charge is 2.23. The Morgan fingerprint density at radius 1 is 1.37 bits per heavy atom. The SMILES string of the molecule is N#Cc1cc(Cl)ccc1NC(CN)C1CCCCC1. The fourth-order valence-electron chi connectivity index (χ4n) is 2.84. The molecule has 1 fully saturated rings. The molecule has 1 saturated carbocycles. The molecular weight excluding hydrogens is 258 g/mol. The van der Waals surface area contributed by atoms with Crippen LogP contribution in [0.1, 0.15) is 37.7 Å².